The lowest BCUT2D eigenvalue weighted by Crippen LogP contribution is -2.39. The third-order valence-electron chi connectivity index (χ3n) is 4.13. The van der Waals surface area contributed by atoms with E-state index >= 15 is 0 Å². The number of piperidine rings is 1. The lowest BCUT2D eigenvalue weighted by atomic mass is 10.0. The Morgan fingerprint density at radius 1 is 1.14 bits per heavy atom. The Bertz CT molecular complexity index is 628. The molecular formula is C16H20N4O. The van der Waals surface area contributed by atoms with Crippen molar-refractivity contribution in [2.24, 2.45) is 0 Å². The van der Waals surface area contributed by atoms with Gasteiger partial charge in [-0.05, 0) is 38.3 Å². The van der Waals surface area contributed by atoms with Crippen LogP contribution in [0, 0.1) is 13.8 Å². The van der Waals surface area contributed by atoms with Crippen LogP contribution in [0.1, 0.15) is 40.4 Å². The van der Waals surface area contributed by atoms with Crippen molar-refractivity contribution in [1.29, 1.82) is 0 Å². The van der Waals surface area contributed by atoms with Crippen LogP contribution in [0.2, 0.25) is 0 Å². The van der Waals surface area contributed by atoms with Gasteiger partial charge in [0, 0.05) is 18.7 Å². The lowest BCUT2D eigenvalue weighted by molar-refractivity contribution is 0.0683. The van der Waals surface area contributed by atoms with Gasteiger partial charge in [0.1, 0.15) is 0 Å². The van der Waals surface area contributed by atoms with E-state index in [0.717, 1.165) is 37.1 Å². The summed E-state index contributed by atoms with van der Waals surface area (Å²) in [5, 5.41) is 8.39. The van der Waals surface area contributed by atoms with Crippen molar-refractivity contribution in [3.05, 3.63) is 47.3 Å². The first kappa shape index (κ1) is 13.8. The highest BCUT2D eigenvalue weighted by Gasteiger charge is 2.25. The highest BCUT2D eigenvalue weighted by molar-refractivity contribution is 5.95. The molecule has 1 aliphatic rings. The smallest absolute Gasteiger partial charge is 0.254 e. The average Bonchev–Trinajstić information content (AvgIpc) is 3.01. The SMILES string of the molecule is Cc1ccc(C(=O)N2CCC(n3nccn3)CC2)c(C)c1. The zero-order valence-corrected chi connectivity index (χ0v) is 12.5. The topological polar surface area (TPSA) is 51.0 Å². The quantitative estimate of drug-likeness (QED) is 0.850. The molecule has 21 heavy (non-hydrogen) atoms. The third-order valence-corrected chi connectivity index (χ3v) is 4.13. The number of hydrogen-bond donors (Lipinski definition) is 0. The van der Waals surface area contributed by atoms with Crippen molar-refractivity contribution >= 4 is 5.91 Å². The summed E-state index contributed by atoms with van der Waals surface area (Å²) in [5.74, 6) is 0.138. The summed E-state index contributed by atoms with van der Waals surface area (Å²) in [5.41, 5.74) is 3.06. The summed E-state index contributed by atoms with van der Waals surface area (Å²) in [7, 11) is 0. The van der Waals surface area contributed by atoms with Gasteiger partial charge >= 0.3 is 0 Å². The predicted molar refractivity (Wildman–Crippen MR) is 80.1 cm³/mol. The van der Waals surface area contributed by atoms with Gasteiger partial charge in [0.2, 0.25) is 0 Å². The van der Waals surface area contributed by atoms with Crippen LogP contribution in [0.5, 0.6) is 0 Å². The molecule has 0 unspecified atom stereocenters. The van der Waals surface area contributed by atoms with Crippen LogP contribution in [0.3, 0.4) is 0 Å². The second kappa shape index (κ2) is 5.68. The molecule has 0 saturated carbocycles. The van der Waals surface area contributed by atoms with Gasteiger partial charge in [-0.2, -0.15) is 15.0 Å². The van der Waals surface area contributed by atoms with E-state index < -0.39 is 0 Å². The van der Waals surface area contributed by atoms with E-state index in [1.807, 2.05) is 30.9 Å². The summed E-state index contributed by atoms with van der Waals surface area (Å²) in [4.78, 5) is 16.3. The van der Waals surface area contributed by atoms with Crippen molar-refractivity contribution in [2.75, 3.05) is 13.1 Å². The molecule has 1 amide bonds. The van der Waals surface area contributed by atoms with E-state index in [2.05, 4.69) is 16.3 Å². The average molecular weight is 284 g/mol. The van der Waals surface area contributed by atoms with Gasteiger partial charge in [-0.3, -0.25) is 4.79 Å². The van der Waals surface area contributed by atoms with E-state index in [1.165, 1.54) is 5.56 Å². The molecule has 0 spiro atoms. The number of rotatable bonds is 2. The minimum absolute atomic E-state index is 0.138. The molecule has 5 nitrogen and oxygen atoms in total. The zero-order chi connectivity index (χ0) is 14.8. The summed E-state index contributed by atoms with van der Waals surface area (Å²) < 4.78 is 0. The van der Waals surface area contributed by atoms with Crippen LogP contribution in [-0.4, -0.2) is 38.9 Å². The van der Waals surface area contributed by atoms with Gasteiger partial charge in [0.15, 0.2) is 0 Å². The fourth-order valence-corrected chi connectivity index (χ4v) is 2.94. The predicted octanol–water partition coefficient (Wildman–Crippen LogP) is 2.37. The van der Waals surface area contributed by atoms with E-state index in [1.54, 1.807) is 17.2 Å². The first-order chi connectivity index (χ1) is 10.1. The molecule has 1 fully saturated rings. The Hall–Kier alpha value is -2.17. The number of nitrogens with zero attached hydrogens (tertiary/aromatic N) is 4. The Balaban J connectivity index is 1.67. The van der Waals surface area contributed by atoms with Gasteiger partial charge in [-0.15, -0.1) is 0 Å². The fourth-order valence-electron chi connectivity index (χ4n) is 2.94. The molecular weight excluding hydrogens is 264 g/mol. The molecule has 110 valence electrons. The number of hydrogen-bond acceptors (Lipinski definition) is 3. The minimum Gasteiger partial charge on any atom is -0.338 e. The molecule has 5 heteroatoms. The van der Waals surface area contributed by atoms with Crippen LogP contribution in [0.15, 0.2) is 30.6 Å². The second-order valence-corrected chi connectivity index (χ2v) is 5.69. The molecule has 1 saturated heterocycles. The number of aromatic nitrogens is 3. The van der Waals surface area contributed by atoms with Crippen molar-refractivity contribution in [2.45, 2.75) is 32.7 Å². The van der Waals surface area contributed by atoms with Crippen LogP contribution in [-0.2, 0) is 0 Å². The molecule has 1 aliphatic heterocycles. The molecule has 0 N–H and O–H groups in total. The summed E-state index contributed by atoms with van der Waals surface area (Å²) in [6.07, 6.45) is 5.22. The van der Waals surface area contributed by atoms with Gasteiger partial charge in [-0.25, -0.2) is 0 Å². The maximum Gasteiger partial charge on any atom is 0.254 e. The molecule has 2 aromatic rings. The van der Waals surface area contributed by atoms with Gasteiger partial charge in [0.25, 0.3) is 5.91 Å². The molecule has 0 bridgehead atoms. The molecule has 2 heterocycles. The van der Waals surface area contributed by atoms with E-state index in [4.69, 9.17) is 0 Å². The Morgan fingerprint density at radius 2 is 1.81 bits per heavy atom. The first-order valence-corrected chi connectivity index (χ1v) is 7.37. The number of benzene rings is 1. The standard InChI is InChI=1S/C16H20N4O/c1-12-3-4-15(13(2)11-12)16(21)19-9-5-14(6-10-19)20-17-7-8-18-20/h3-4,7-8,11,14H,5-6,9-10H2,1-2H3. The molecule has 0 radical (unpaired) electrons. The molecule has 0 aliphatic carbocycles. The fraction of sp³-hybridized carbons (Fsp3) is 0.438. The van der Waals surface area contributed by atoms with Crippen molar-refractivity contribution < 1.29 is 4.79 Å². The Morgan fingerprint density at radius 3 is 2.43 bits per heavy atom. The molecule has 0 atom stereocenters. The van der Waals surface area contributed by atoms with Gasteiger partial charge in [0.05, 0.1) is 18.4 Å². The van der Waals surface area contributed by atoms with Crippen molar-refractivity contribution in [1.82, 2.24) is 19.9 Å². The minimum atomic E-state index is 0.138. The highest BCUT2D eigenvalue weighted by Crippen LogP contribution is 2.23. The number of carbonyl (C=O) groups is 1. The van der Waals surface area contributed by atoms with Crippen LogP contribution in [0.25, 0.3) is 0 Å². The number of carbonyl (C=O) groups excluding carboxylic acids is 1. The van der Waals surface area contributed by atoms with Gasteiger partial charge < -0.3 is 4.90 Å². The Kier molecular flexibility index (Phi) is 3.73. The van der Waals surface area contributed by atoms with Crippen LogP contribution in [0.4, 0.5) is 0 Å². The number of likely N-dealkylation sites (tertiary alicyclic amines) is 1. The Labute approximate surface area is 124 Å². The maximum absolute atomic E-state index is 12.6. The lowest BCUT2D eigenvalue weighted by Gasteiger charge is -2.31. The van der Waals surface area contributed by atoms with Crippen molar-refractivity contribution in [3.63, 3.8) is 0 Å². The molecule has 1 aromatic heterocycles. The number of aryl methyl sites for hydroxylation is 2. The molecule has 1 aromatic carbocycles. The van der Waals surface area contributed by atoms with E-state index in [0.29, 0.717) is 6.04 Å². The first-order valence-electron chi connectivity index (χ1n) is 7.37. The monoisotopic (exact) mass is 284 g/mol. The largest absolute Gasteiger partial charge is 0.338 e. The normalized spacial score (nSPS) is 16.2. The van der Waals surface area contributed by atoms with Crippen LogP contribution >= 0.6 is 0 Å². The van der Waals surface area contributed by atoms with Gasteiger partial charge in [-0.1, -0.05) is 17.7 Å². The summed E-state index contributed by atoms with van der Waals surface area (Å²) in [6.45, 7) is 5.57. The van der Waals surface area contributed by atoms with E-state index in [9.17, 15) is 4.79 Å². The maximum atomic E-state index is 12.6. The highest BCUT2D eigenvalue weighted by atomic mass is 16.2. The van der Waals surface area contributed by atoms with Crippen LogP contribution < -0.4 is 0 Å². The third kappa shape index (κ3) is 2.82. The number of amides is 1. The second-order valence-electron chi connectivity index (χ2n) is 5.69. The summed E-state index contributed by atoms with van der Waals surface area (Å²) in [6, 6.07) is 6.31. The van der Waals surface area contributed by atoms with E-state index in [-0.39, 0.29) is 5.91 Å². The van der Waals surface area contributed by atoms with Crippen molar-refractivity contribution in [3.8, 4) is 0 Å². The molecule has 3 rings (SSSR count). The zero-order valence-electron chi connectivity index (χ0n) is 12.5. The summed E-state index contributed by atoms with van der Waals surface area (Å²) >= 11 is 0.